The van der Waals surface area contributed by atoms with Gasteiger partial charge in [0, 0.05) is 13.2 Å². The van der Waals surface area contributed by atoms with Crippen molar-refractivity contribution in [1.82, 2.24) is 0 Å². The van der Waals surface area contributed by atoms with Crippen LogP contribution in [-0.2, 0) is 16.4 Å². The third-order valence-corrected chi connectivity index (χ3v) is 4.35. The highest BCUT2D eigenvalue weighted by Crippen LogP contribution is 2.20. The van der Waals surface area contributed by atoms with E-state index in [0.717, 1.165) is 5.56 Å². The fourth-order valence-corrected chi connectivity index (χ4v) is 3.08. The van der Waals surface area contributed by atoms with Crippen LogP contribution in [0.3, 0.4) is 0 Å². The Kier molecular flexibility index (Phi) is 5.37. The van der Waals surface area contributed by atoms with Crippen molar-refractivity contribution < 1.29 is 13.5 Å². The van der Waals surface area contributed by atoms with Crippen molar-refractivity contribution in [2.75, 3.05) is 23.2 Å². The van der Waals surface area contributed by atoms with Gasteiger partial charge in [-0.3, -0.25) is 4.31 Å². The molecule has 0 bridgehead atoms. The summed E-state index contributed by atoms with van der Waals surface area (Å²) in [7, 11) is -3.35. The summed E-state index contributed by atoms with van der Waals surface area (Å²) in [4.78, 5) is 0. The van der Waals surface area contributed by atoms with Crippen LogP contribution in [0.1, 0.15) is 12.5 Å². The number of nitrogens with zero attached hydrogens (tertiary/aromatic N) is 1. The molecule has 0 aliphatic carbocycles. The van der Waals surface area contributed by atoms with E-state index in [0.29, 0.717) is 18.7 Å². The number of anilines is 1. The number of hydrogen-bond acceptors (Lipinski definition) is 3. The summed E-state index contributed by atoms with van der Waals surface area (Å²) in [6.45, 7) is 5.68. The number of aliphatic hydroxyl groups excluding tert-OH is 1. The van der Waals surface area contributed by atoms with Crippen LogP contribution in [0.15, 0.2) is 36.9 Å². The minimum absolute atomic E-state index is 0.0506. The first-order chi connectivity index (χ1) is 8.55. The summed E-state index contributed by atoms with van der Waals surface area (Å²) < 4.78 is 25.4. The van der Waals surface area contributed by atoms with Crippen molar-refractivity contribution in [2.24, 2.45) is 0 Å². The summed E-state index contributed by atoms with van der Waals surface area (Å²) in [6, 6.07) is 7.21. The van der Waals surface area contributed by atoms with Gasteiger partial charge >= 0.3 is 0 Å². The first-order valence-electron chi connectivity index (χ1n) is 5.86. The molecule has 4 nitrogen and oxygen atoms in total. The van der Waals surface area contributed by atoms with Crippen LogP contribution in [0.5, 0.6) is 0 Å². The average molecular weight is 269 g/mol. The topological polar surface area (TPSA) is 57.6 Å². The van der Waals surface area contributed by atoms with E-state index in [-0.39, 0.29) is 12.4 Å². The predicted octanol–water partition coefficient (Wildman–Crippen LogP) is 1.56. The molecule has 1 N–H and O–H groups in total. The van der Waals surface area contributed by atoms with E-state index in [1.54, 1.807) is 25.1 Å². The largest absolute Gasteiger partial charge is 0.396 e. The average Bonchev–Trinajstić information content (AvgIpc) is 2.30. The summed E-state index contributed by atoms with van der Waals surface area (Å²) >= 11 is 0. The Morgan fingerprint density at radius 2 is 2.17 bits per heavy atom. The smallest absolute Gasteiger partial charge is 0.238 e. The SMILES string of the molecule is C=CCS(=O)(=O)N(CC)c1cccc(CCO)c1. The number of rotatable bonds is 7. The Morgan fingerprint density at radius 3 is 2.72 bits per heavy atom. The van der Waals surface area contributed by atoms with Crippen LogP contribution in [0.2, 0.25) is 0 Å². The first-order valence-corrected chi connectivity index (χ1v) is 7.47. The van der Waals surface area contributed by atoms with Crippen LogP contribution in [0.4, 0.5) is 5.69 Å². The highest BCUT2D eigenvalue weighted by molar-refractivity contribution is 7.92. The predicted molar refractivity (Wildman–Crippen MR) is 74.2 cm³/mol. The van der Waals surface area contributed by atoms with Crippen LogP contribution < -0.4 is 4.31 Å². The Labute approximate surface area is 109 Å². The molecule has 0 heterocycles. The van der Waals surface area contributed by atoms with Crippen LogP contribution >= 0.6 is 0 Å². The van der Waals surface area contributed by atoms with Gasteiger partial charge in [-0.15, -0.1) is 6.58 Å². The quantitative estimate of drug-likeness (QED) is 0.764. The molecule has 0 unspecified atom stereocenters. The van der Waals surface area contributed by atoms with Crippen molar-refractivity contribution in [1.29, 1.82) is 0 Å². The van der Waals surface area contributed by atoms with Gasteiger partial charge in [0.1, 0.15) is 0 Å². The molecule has 0 aliphatic rings. The van der Waals surface area contributed by atoms with Gasteiger partial charge in [0.05, 0.1) is 11.4 Å². The molecule has 18 heavy (non-hydrogen) atoms. The van der Waals surface area contributed by atoms with E-state index < -0.39 is 10.0 Å². The Morgan fingerprint density at radius 1 is 1.44 bits per heavy atom. The van der Waals surface area contributed by atoms with Gasteiger partial charge in [0.2, 0.25) is 10.0 Å². The van der Waals surface area contributed by atoms with E-state index in [9.17, 15) is 8.42 Å². The fraction of sp³-hybridized carbons (Fsp3) is 0.385. The zero-order valence-electron chi connectivity index (χ0n) is 10.5. The van der Waals surface area contributed by atoms with Gasteiger partial charge in [0.25, 0.3) is 0 Å². The number of sulfonamides is 1. The van der Waals surface area contributed by atoms with Crippen molar-refractivity contribution in [3.8, 4) is 0 Å². The molecule has 0 saturated heterocycles. The minimum atomic E-state index is -3.35. The zero-order valence-corrected chi connectivity index (χ0v) is 11.4. The monoisotopic (exact) mass is 269 g/mol. The lowest BCUT2D eigenvalue weighted by Crippen LogP contribution is -2.32. The van der Waals surface area contributed by atoms with Crippen molar-refractivity contribution in [3.05, 3.63) is 42.5 Å². The second-order valence-electron chi connectivity index (χ2n) is 3.88. The molecular weight excluding hydrogens is 250 g/mol. The molecule has 1 rings (SSSR count). The Balaban J connectivity index is 3.09. The molecule has 0 aromatic heterocycles. The van der Waals surface area contributed by atoms with Crippen LogP contribution in [-0.4, -0.2) is 32.4 Å². The summed E-state index contributed by atoms with van der Waals surface area (Å²) in [6.07, 6.45) is 1.91. The molecule has 5 heteroatoms. The molecule has 0 atom stereocenters. The maximum Gasteiger partial charge on any atom is 0.238 e. The van der Waals surface area contributed by atoms with Gasteiger partial charge in [0.15, 0.2) is 0 Å². The molecule has 1 aromatic carbocycles. The second kappa shape index (κ2) is 6.56. The fourth-order valence-electron chi connectivity index (χ4n) is 1.77. The molecule has 0 saturated carbocycles. The number of aliphatic hydroxyl groups is 1. The van der Waals surface area contributed by atoms with E-state index in [4.69, 9.17) is 5.11 Å². The molecule has 1 aromatic rings. The summed E-state index contributed by atoms with van der Waals surface area (Å²) in [5.74, 6) is -0.0783. The van der Waals surface area contributed by atoms with Gasteiger partial charge in [-0.05, 0) is 31.0 Å². The molecule has 0 spiro atoms. The van der Waals surface area contributed by atoms with Gasteiger partial charge in [-0.2, -0.15) is 0 Å². The maximum absolute atomic E-state index is 12.0. The van der Waals surface area contributed by atoms with Crippen molar-refractivity contribution >= 4 is 15.7 Å². The minimum Gasteiger partial charge on any atom is -0.396 e. The molecular formula is C13H19NO3S. The third kappa shape index (κ3) is 3.58. The number of hydrogen-bond donors (Lipinski definition) is 1. The maximum atomic E-state index is 12.0. The Bertz CT molecular complexity index is 497. The van der Waals surface area contributed by atoms with Crippen LogP contribution in [0.25, 0.3) is 0 Å². The highest BCUT2D eigenvalue weighted by atomic mass is 32.2. The molecule has 100 valence electrons. The van der Waals surface area contributed by atoms with Crippen molar-refractivity contribution in [3.63, 3.8) is 0 Å². The third-order valence-electron chi connectivity index (χ3n) is 2.55. The van der Waals surface area contributed by atoms with E-state index in [1.807, 2.05) is 6.07 Å². The highest BCUT2D eigenvalue weighted by Gasteiger charge is 2.19. The van der Waals surface area contributed by atoms with Gasteiger partial charge < -0.3 is 5.11 Å². The van der Waals surface area contributed by atoms with E-state index >= 15 is 0 Å². The summed E-state index contributed by atoms with van der Waals surface area (Å²) in [5.41, 5.74) is 1.55. The van der Waals surface area contributed by atoms with E-state index in [1.165, 1.54) is 10.4 Å². The number of benzene rings is 1. The second-order valence-corrected chi connectivity index (χ2v) is 5.81. The molecule has 0 fully saturated rings. The lowest BCUT2D eigenvalue weighted by Gasteiger charge is -2.22. The standard InChI is InChI=1S/C13H19NO3S/c1-3-10-18(16,17)14(4-2)13-7-5-6-12(11-13)8-9-15/h3,5-7,11,15H,1,4,8-10H2,2H3. The molecule has 0 radical (unpaired) electrons. The molecule has 0 amide bonds. The van der Waals surface area contributed by atoms with Crippen LogP contribution in [0, 0.1) is 0 Å². The Hall–Kier alpha value is -1.33. The molecule has 0 aliphatic heterocycles. The lowest BCUT2D eigenvalue weighted by molar-refractivity contribution is 0.299. The first kappa shape index (κ1) is 14.7. The van der Waals surface area contributed by atoms with Crippen molar-refractivity contribution in [2.45, 2.75) is 13.3 Å². The van der Waals surface area contributed by atoms with E-state index in [2.05, 4.69) is 6.58 Å². The normalized spacial score (nSPS) is 11.2. The van der Waals surface area contributed by atoms with Gasteiger partial charge in [-0.25, -0.2) is 8.42 Å². The van der Waals surface area contributed by atoms with Gasteiger partial charge in [-0.1, -0.05) is 18.2 Å². The zero-order chi connectivity index (χ0) is 13.6. The lowest BCUT2D eigenvalue weighted by atomic mass is 10.1. The summed E-state index contributed by atoms with van der Waals surface area (Å²) in [5, 5.41) is 8.91.